The zero-order valence-electron chi connectivity index (χ0n) is 7.03. The number of nitrogens with two attached hydrogens (primary N) is 1. The van der Waals surface area contributed by atoms with Crippen LogP contribution in [-0.4, -0.2) is 6.54 Å². The van der Waals surface area contributed by atoms with E-state index in [2.05, 4.69) is 13.5 Å². The van der Waals surface area contributed by atoms with Gasteiger partial charge in [-0.2, -0.15) is 0 Å². The van der Waals surface area contributed by atoms with Gasteiger partial charge in [-0.3, -0.25) is 0 Å². The Morgan fingerprint density at radius 1 is 1.30 bits per heavy atom. The highest BCUT2D eigenvalue weighted by molar-refractivity contribution is 4.93. The summed E-state index contributed by atoms with van der Waals surface area (Å²) in [5.41, 5.74) is 6.69. The summed E-state index contributed by atoms with van der Waals surface area (Å²) in [5, 5.41) is 0. The molecule has 60 valence electrons. The van der Waals surface area contributed by atoms with E-state index in [0.29, 0.717) is 0 Å². The lowest BCUT2D eigenvalue weighted by Gasteiger charge is -2.01. The van der Waals surface area contributed by atoms with Gasteiger partial charge in [0.2, 0.25) is 0 Å². The van der Waals surface area contributed by atoms with Crippen molar-refractivity contribution in [2.45, 2.75) is 39.0 Å². The minimum atomic E-state index is 0.755. The average molecular weight is 141 g/mol. The normalized spacial score (nSPS) is 9.80. The molecule has 0 aromatic heterocycles. The summed E-state index contributed by atoms with van der Waals surface area (Å²) in [4.78, 5) is 0. The molecule has 0 unspecified atom stereocenters. The molecule has 0 aromatic rings. The molecule has 1 heteroatoms. The maximum absolute atomic E-state index is 5.37. The molecule has 0 radical (unpaired) electrons. The van der Waals surface area contributed by atoms with Gasteiger partial charge in [-0.15, -0.1) is 0 Å². The van der Waals surface area contributed by atoms with Gasteiger partial charge in [0.1, 0.15) is 0 Å². The van der Waals surface area contributed by atoms with E-state index in [9.17, 15) is 0 Å². The fourth-order valence-electron chi connectivity index (χ4n) is 0.954. The van der Waals surface area contributed by atoms with Crippen molar-refractivity contribution in [1.82, 2.24) is 0 Å². The van der Waals surface area contributed by atoms with Crippen molar-refractivity contribution < 1.29 is 0 Å². The topological polar surface area (TPSA) is 26.0 Å². The molecule has 0 heterocycles. The molecule has 0 aromatic carbocycles. The predicted octanol–water partition coefficient (Wildman–Crippen LogP) is 2.47. The van der Waals surface area contributed by atoms with E-state index in [4.69, 9.17) is 5.73 Å². The van der Waals surface area contributed by atoms with Gasteiger partial charge in [-0.25, -0.2) is 0 Å². The van der Waals surface area contributed by atoms with Gasteiger partial charge in [-0.1, -0.05) is 31.9 Å². The standard InChI is InChI=1S/C9H19N/c1-3-4-5-6-9(2)7-8-10/h2-8,10H2,1H3. The van der Waals surface area contributed by atoms with Gasteiger partial charge in [0.05, 0.1) is 0 Å². The van der Waals surface area contributed by atoms with Gasteiger partial charge >= 0.3 is 0 Å². The van der Waals surface area contributed by atoms with Crippen molar-refractivity contribution in [3.8, 4) is 0 Å². The second-order valence-corrected chi connectivity index (χ2v) is 2.75. The SMILES string of the molecule is C=C(CCN)CCCCC. The van der Waals surface area contributed by atoms with Crippen LogP contribution in [0.25, 0.3) is 0 Å². The van der Waals surface area contributed by atoms with E-state index in [-0.39, 0.29) is 0 Å². The van der Waals surface area contributed by atoms with Crippen LogP contribution in [0, 0.1) is 0 Å². The number of hydrogen-bond donors (Lipinski definition) is 1. The van der Waals surface area contributed by atoms with Crippen LogP contribution in [-0.2, 0) is 0 Å². The Bertz CT molecular complexity index is 86.7. The molecule has 1 nitrogen and oxygen atoms in total. The van der Waals surface area contributed by atoms with Gasteiger partial charge in [0, 0.05) is 0 Å². The number of unbranched alkanes of at least 4 members (excludes halogenated alkanes) is 2. The lowest BCUT2D eigenvalue weighted by molar-refractivity contribution is 0.698. The molecule has 2 N–H and O–H groups in total. The second kappa shape index (κ2) is 6.81. The van der Waals surface area contributed by atoms with Crippen LogP contribution in [0.4, 0.5) is 0 Å². The van der Waals surface area contributed by atoms with E-state index in [1.165, 1.54) is 31.3 Å². The minimum Gasteiger partial charge on any atom is -0.330 e. The van der Waals surface area contributed by atoms with Gasteiger partial charge in [-0.05, 0) is 25.8 Å². The summed E-state index contributed by atoms with van der Waals surface area (Å²) in [7, 11) is 0. The first-order chi connectivity index (χ1) is 4.81. The van der Waals surface area contributed by atoms with E-state index in [1.807, 2.05) is 0 Å². The van der Waals surface area contributed by atoms with E-state index in [1.54, 1.807) is 0 Å². The van der Waals surface area contributed by atoms with Gasteiger partial charge in [0.15, 0.2) is 0 Å². The molecule has 0 amide bonds. The first kappa shape index (κ1) is 9.70. The summed E-state index contributed by atoms with van der Waals surface area (Å²) >= 11 is 0. The summed E-state index contributed by atoms with van der Waals surface area (Å²) in [6.07, 6.45) is 6.07. The van der Waals surface area contributed by atoms with Crippen LogP contribution in [0.15, 0.2) is 12.2 Å². The average Bonchev–Trinajstić information content (AvgIpc) is 1.89. The molecule has 0 aliphatic heterocycles. The minimum absolute atomic E-state index is 0.755. The number of rotatable bonds is 6. The molecule has 0 saturated heterocycles. The van der Waals surface area contributed by atoms with Crippen LogP contribution in [0.3, 0.4) is 0 Å². The zero-order valence-corrected chi connectivity index (χ0v) is 7.03. The molecule has 0 aliphatic carbocycles. The third-order valence-corrected chi connectivity index (χ3v) is 1.63. The number of hydrogen-bond acceptors (Lipinski definition) is 1. The van der Waals surface area contributed by atoms with E-state index in [0.717, 1.165) is 13.0 Å². The largest absolute Gasteiger partial charge is 0.330 e. The smallest absolute Gasteiger partial charge is 0.00400 e. The van der Waals surface area contributed by atoms with Crippen molar-refractivity contribution in [1.29, 1.82) is 0 Å². The molecule has 0 fully saturated rings. The monoisotopic (exact) mass is 141 g/mol. The van der Waals surface area contributed by atoms with Crippen molar-refractivity contribution in [2.24, 2.45) is 5.73 Å². The van der Waals surface area contributed by atoms with Crippen LogP contribution in [0.5, 0.6) is 0 Å². The molecular weight excluding hydrogens is 122 g/mol. The Hall–Kier alpha value is -0.300. The molecular formula is C9H19N. The highest BCUT2D eigenvalue weighted by atomic mass is 14.5. The Morgan fingerprint density at radius 2 is 2.00 bits per heavy atom. The first-order valence-corrected chi connectivity index (χ1v) is 4.18. The lowest BCUT2D eigenvalue weighted by atomic mass is 10.1. The predicted molar refractivity (Wildman–Crippen MR) is 47.0 cm³/mol. The molecule has 0 aliphatic rings. The van der Waals surface area contributed by atoms with Crippen molar-refractivity contribution in [3.05, 3.63) is 12.2 Å². The maximum Gasteiger partial charge on any atom is -0.00400 e. The summed E-state index contributed by atoms with van der Waals surface area (Å²) < 4.78 is 0. The first-order valence-electron chi connectivity index (χ1n) is 4.18. The Kier molecular flexibility index (Phi) is 6.61. The molecule has 10 heavy (non-hydrogen) atoms. The molecule has 0 atom stereocenters. The molecule has 0 rings (SSSR count). The molecule has 0 bridgehead atoms. The fourth-order valence-corrected chi connectivity index (χ4v) is 0.954. The van der Waals surface area contributed by atoms with Gasteiger partial charge in [0.25, 0.3) is 0 Å². The molecule has 0 spiro atoms. The van der Waals surface area contributed by atoms with Crippen LogP contribution in [0.2, 0.25) is 0 Å². The molecule has 0 saturated carbocycles. The second-order valence-electron chi connectivity index (χ2n) is 2.75. The highest BCUT2D eigenvalue weighted by Gasteiger charge is 1.91. The maximum atomic E-state index is 5.37. The quantitative estimate of drug-likeness (QED) is 0.446. The van der Waals surface area contributed by atoms with Gasteiger partial charge < -0.3 is 5.73 Å². The Labute approximate surface area is 64.3 Å². The third-order valence-electron chi connectivity index (χ3n) is 1.63. The summed E-state index contributed by atoms with van der Waals surface area (Å²) in [6, 6.07) is 0. The van der Waals surface area contributed by atoms with Crippen LogP contribution >= 0.6 is 0 Å². The zero-order chi connectivity index (χ0) is 7.82. The lowest BCUT2D eigenvalue weighted by Crippen LogP contribution is -1.99. The summed E-state index contributed by atoms with van der Waals surface area (Å²) in [5.74, 6) is 0. The third kappa shape index (κ3) is 5.83. The van der Waals surface area contributed by atoms with Crippen LogP contribution in [0.1, 0.15) is 39.0 Å². The Morgan fingerprint density at radius 3 is 2.50 bits per heavy atom. The fraction of sp³-hybridized carbons (Fsp3) is 0.778. The van der Waals surface area contributed by atoms with Crippen molar-refractivity contribution >= 4 is 0 Å². The van der Waals surface area contributed by atoms with E-state index < -0.39 is 0 Å². The Balaban J connectivity index is 3.05. The van der Waals surface area contributed by atoms with E-state index >= 15 is 0 Å². The summed E-state index contributed by atoms with van der Waals surface area (Å²) in [6.45, 7) is 6.91. The van der Waals surface area contributed by atoms with Crippen molar-refractivity contribution in [2.75, 3.05) is 6.54 Å². The van der Waals surface area contributed by atoms with Crippen molar-refractivity contribution in [3.63, 3.8) is 0 Å². The highest BCUT2D eigenvalue weighted by Crippen LogP contribution is 2.08. The van der Waals surface area contributed by atoms with Crippen LogP contribution < -0.4 is 5.73 Å².